The molecule has 1 saturated heterocycles. The topological polar surface area (TPSA) is 84.9 Å². The Labute approximate surface area is 200 Å². The summed E-state index contributed by atoms with van der Waals surface area (Å²) in [5, 5.41) is 0. The van der Waals surface area contributed by atoms with Gasteiger partial charge in [-0.1, -0.05) is 18.2 Å². The summed E-state index contributed by atoms with van der Waals surface area (Å²) in [6, 6.07) is 22.4. The third-order valence-electron chi connectivity index (χ3n) is 5.88. The van der Waals surface area contributed by atoms with E-state index in [-0.39, 0.29) is 10.8 Å². The number of nitrogens with one attached hydrogen (secondary N) is 1. The van der Waals surface area contributed by atoms with Crippen molar-refractivity contribution in [2.24, 2.45) is 5.92 Å². The quantitative estimate of drug-likeness (QED) is 0.516. The van der Waals surface area contributed by atoms with Gasteiger partial charge in [-0.05, 0) is 79.4 Å². The normalized spacial score (nSPS) is 14.4. The van der Waals surface area contributed by atoms with Crippen LogP contribution in [0.5, 0.6) is 11.5 Å². The van der Waals surface area contributed by atoms with E-state index in [9.17, 15) is 13.2 Å². The molecule has 3 aromatic carbocycles. The van der Waals surface area contributed by atoms with Crippen LogP contribution in [0.4, 0.5) is 5.69 Å². The lowest BCUT2D eigenvalue weighted by molar-refractivity contribution is 0.0661. The summed E-state index contributed by atoms with van der Waals surface area (Å²) in [7, 11) is -2.22. The van der Waals surface area contributed by atoms with Crippen LogP contribution < -0.4 is 14.2 Å². The summed E-state index contributed by atoms with van der Waals surface area (Å²) in [5.41, 5.74) is 0.905. The molecule has 0 radical (unpaired) electrons. The second-order valence-corrected chi connectivity index (χ2v) is 9.90. The van der Waals surface area contributed by atoms with Crippen LogP contribution in [-0.4, -0.2) is 46.0 Å². The molecule has 0 unspecified atom stereocenters. The van der Waals surface area contributed by atoms with Crippen molar-refractivity contribution in [3.63, 3.8) is 0 Å². The van der Waals surface area contributed by atoms with Crippen LogP contribution in [0.3, 0.4) is 0 Å². The Morgan fingerprint density at radius 1 is 0.912 bits per heavy atom. The number of benzene rings is 3. The Morgan fingerprint density at radius 2 is 1.56 bits per heavy atom. The number of carbonyl (C=O) groups is 1. The monoisotopic (exact) mass is 480 g/mol. The SMILES string of the molecule is COc1ccc(NS(=O)(=O)c2ccc(C(=O)N3CCC(COc4ccccc4)CC3)cc2)cc1. The number of anilines is 1. The van der Waals surface area contributed by atoms with Gasteiger partial charge in [-0.15, -0.1) is 0 Å². The average Bonchev–Trinajstić information content (AvgIpc) is 2.88. The zero-order valence-corrected chi connectivity index (χ0v) is 19.8. The van der Waals surface area contributed by atoms with Gasteiger partial charge in [0.25, 0.3) is 15.9 Å². The van der Waals surface area contributed by atoms with Crippen LogP contribution in [0.25, 0.3) is 0 Å². The van der Waals surface area contributed by atoms with E-state index in [0.717, 1.165) is 18.6 Å². The van der Waals surface area contributed by atoms with E-state index >= 15 is 0 Å². The zero-order chi connectivity index (χ0) is 24.0. The van der Waals surface area contributed by atoms with E-state index in [1.54, 1.807) is 43.5 Å². The van der Waals surface area contributed by atoms with Gasteiger partial charge in [-0.3, -0.25) is 9.52 Å². The number of carbonyl (C=O) groups excluding carboxylic acids is 1. The Hall–Kier alpha value is -3.52. The van der Waals surface area contributed by atoms with E-state index < -0.39 is 10.0 Å². The minimum atomic E-state index is -3.77. The number of rotatable bonds is 8. The van der Waals surface area contributed by atoms with E-state index in [0.29, 0.717) is 42.6 Å². The Kier molecular flexibility index (Phi) is 7.37. The molecule has 0 saturated carbocycles. The van der Waals surface area contributed by atoms with Crippen LogP contribution in [0.2, 0.25) is 0 Å². The number of nitrogens with zero attached hydrogens (tertiary/aromatic N) is 1. The van der Waals surface area contributed by atoms with Gasteiger partial charge in [0.05, 0.1) is 18.6 Å². The van der Waals surface area contributed by atoms with Crippen LogP contribution in [0.15, 0.2) is 83.8 Å². The molecule has 1 N–H and O–H groups in total. The maximum Gasteiger partial charge on any atom is 0.261 e. The summed E-state index contributed by atoms with van der Waals surface area (Å²) in [6.45, 7) is 1.95. The molecule has 0 aliphatic carbocycles. The van der Waals surface area contributed by atoms with Crippen LogP contribution in [0.1, 0.15) is 23.2 Å². The molecule has 0 bridgehead atoms. The molecule has 4 rings (SSSR count). The van der Waals surface area contributed by atoms with Crippen molar-refractivity contribution in [3.05, 3.63) is 84.4 Å². The van der Waals surface area contributed by atoms with Crippen LogP contribution in [-0.2, 0) is 10.0 Å². The van der Waals surface area contributed by atoms with Crippen molar-refractivity contribution in [1.29, 1.82) is 0 Å². The minimum absolute atomic E-state index is 0.0884. The standard InChI is InChI=1S/C26H28N2O5S/c1-32-23-11-9-22(10-12-23)27-34(30,31)25-13-7-21(8-14-25)26(29)28-17-15-20(16-18-28)19-33-24-5-3-2-4-6-24/h2-14,20,27H,15-19H2,1H3. The maximum atomic E-state index is 12.9. The van der Waals surface area contributed by atoms with Crippen molar-refractivity contribution in [1.82, 2.24) is 4.90 Å². The van der Waals surface area contributed by atoms with Gasteiger partial charge in [0.1, 0.15) is 11.5 Å². The molecule has 1 fully saturated rings. The fourth-order valence-corrected chi connectivity index (χ4v) is 4.92. The molecular weight excluding hydrogens is 452 g/mol. The third-order valence-corrected chi connectivity index (χ3v) is 7.28. The van der Waals surface area contributed by atoms with Gasteiger partial charge in [0.2, 0.25) is 0 Å². The number of likely N-dealkylation sites (tertiary alicyclic amines) is 1. The minimum Gasteiger partial charge on any atom is -0.497 e. The highest BCUT2D eigenvalue weighted by atomic mass is 32.2. The largest absolute Gasteiger partial charge is 0.497 e. The van der Waals surface area contributed by atoms with E-state index in [2.05, 4.69) is 4.72 Å². The number of ether oxygens (including phenoxy) is 2. The number of hydrogen-bond acceptors (Lipinski definition) is 5. The summed E-state index contributed by atoms with van der Waals surface area (Å²) in [4.78, 5) is 14.8. The van der Waals surface area contributed by atoms with Gasteiger partial charge in [0.15, 0.2) is 0 Å². The predicted octanol–water partition coefficient (Wildman–Crippen LogP) is 4.43. The lowest BCUT2D eigenvalue weighted by Crippen LogP contribution is -2.39. The zero-order valence-electron chi connectivity index (χ0n) is 19.0. The lowest BCUT2D eigenvalue weighted by atomic mass is 9.97. The predicted molar refractivity (Wildman–Crippen MR) is 131 cm³/mol. The summed E-state index contributed by atoms with van der Waals surface area (Å²) < 4.78 is 38.9. The maximum absolute atomic E-state index is 12.9. The first-order valence-electron chi connectivity index (χ1n) is 11.2. The second kappa shape index (κ2) is 10.6. The molecule has 7 nitrogen and oxygen atoms in total. The Morgan fingerprint density at radius 3 is 2.18 bits per heavy atom. The van der Waals surface area contributed by atoms with Crippen molar-refractivity contribution < 1.29 is 22.7 Å². The Balaban J connectivity index is 1.31. The van der Waals surface area contributed by atoms with E-state index in [1.807, 2.05) is 35.2 Å². The Bertz CT molecular complexity index is 1190. The first-order chi connectivity index (χ1) is 16.4. The third kappa shape index (κ3) is 5.88. The lowest BCUT2D eigenvalue weighted by Gasteiger charge is -2.32. The number of methoxy groups -OCH3 is 1. The van der Waals surface area contributed by atoms with Crippen molar-refractivity contribution in [2.75, 3.05) is 31.5 Å². The molecule has 1 aliphatic rings. The first-order valence-corrected chi connectivity index (χ1v) is 12.7. The summed E-state index contributed by atoms with van der Waals surface area (Å²) in [6.07, 6.45) is 1.74. The summed E-state index contributed by atoms with van der Waals surface area (Å²) >= 11 is 0. The van der Waals surface area contributed by atoms with Gasteiger partial charge < -0.3 is 14.4 Å². The van der Waals surface area contributed by atoms with Gasteiger partial charge in [-0.2, -0.15) is 0 Å². The van der Waals surface area contributed by atoms with Crippen molar-refractivity contribution in [2.45, 2.75) is 17.7 Å². The molecule has 34 heavy (non-hydrogen) atoms. The molecule has 8 heteroatoms. The average molecular weight is 481 g/mol. The van der Waals surface area contributed by atoms with E-state index in [4.69, 9.17) is 9.47 Å². The highest BCUT2D eigenvalue weighted by Gasteiger charge is 2.24. The molecule has 1 aliphatic heterocycles. The molecule has 1 heterocycles. The molecule has 0 aromatic heterocycles. The number of para-hydroxylation sites is 1. The summed E-state index contributed by atoms with van der Waals surface area (Å²) in [5.74, 6) is 1.81. The molecule has 3 aromatic rings. The fraction of sp³-hybridized carbons (Fsp3) is 0.269. The van der Waals surface area contributed by atoms with Gasteiger partial charge >= 0.3 is 0 Å². The van der Waals surface area contributed by atoms with E-state index in [1.165, 1.54) is 12.1 Å². The van der Waals surface area contributed by atoms with Crippen molar-refractivity contribution >= 4 is 21.6 Å². The van der Waals surface area contributed by atoms with Crippen molar-refractivity contribution in [3.8, 4) is 11.5 Å². The fourth-order valence-electron chi connectivity index (χ4n) is 3.87. The molecule has 178 valence electrons. The highest BCUT2D eigenvalue weighted by Crippen LogP contribution is 2.23. The van der Waals surface area contributed by atoms with Crippen LogP contribution in [0, 0.1) is 5.92 Å². The second-order valence-electron chi connectivity index (χ2n) is 8.22. The number of hydrogen-bond donors (Lipinski definition) is 1. The van der Waals surface area contributed by atoms with Gasteiger partial charge in [-0.25, -0.2) is 8.42 Å². The molecular formula is C26H28N2O5S. The van der Waals surface area contributed by atoms with Gasteiger partial charge in [0, 0.05) is 24.3 Å². The molecule has 0 spiro atoms. The number of amides is 1. The first kappa shape index (κ1) is 23.6. The number of sulfonamides is 1. The smallest absolute Gasteiger partial charge is 0.261 e. The number of piperidine rings is 1. The molecule has 1 amide bonds. The van der Waals surface area contributed by atoms with Crippen LogP contribution >= 0.6 is 0 Å². The molecule has 0 atom stereocenters. The highest BCUT2D eigenvalue weighted by molar-refractivity contribution is 7.92.